The van der Waals surface area contributed by atoms with Crippen molar-refractivity contribution in [1.29, 1.82) is 0 Å². The summed E-state index contributed by atoms with van der Waals surface area (Å²) in [5, 5.41) is 1.43. The molecule has 1 fully saturated rings. The molecule has 0 aliphatic heterocycles. The topological polar surface area (TPSA) is 26.0 Å². The number of rotatable bonds is 2. The molecule has 70 valence electrons. The SMILES string of the molecule is NCC1(c2ccc(Cl)cc2Cl)CC1. The summed E-state index contributed by atoms with van der Waals surface area (Å²) >= 11 is 11.9. The van der Waals surface area contributed by atoms with Gasteiger partial charge in [0.05, 0.1) is 0 Å². The number of hydrogen-bond acceptors (Lipinski definition) is 1. The Bertz CT molecular complexity index is 332. The van der Waals surface area contributed by atoms with E-state index in [4.69, 9.17) is 28.9 Å². The molecule has 0 amide bonds. The Morgan fingerprint density at radius 3 is 2.46 bits per heavy atom. The van der Waals surface area contributed by atoms with E-state index in [1.165, 1.54) is 0 Å². The van der Waals surface area contributed by atoms with Crippen LogP contribution in [0, 0.1) is 0 Å². The Kier molecular flexibility index (Phi) is 2.26. The highest BCUT2D eigenvalue weighted by atomic mass is 35.5. The predicted octanol–water partition coefficient (Wildman–Crippen LogP) is 2.98. The molecule has 2 N–H and O–H groups in total. The lowest BCUT2D eigenvalue weighted by Gasteiger charge is -2.14. The molecule has 0 heterocycles. The third-order valence-electron chi connectivity index (χ3n) is 2.75. The number of hydrogen-bond donors (Lipinski definition) is 1. The Morgan fingerprint density at radius 1 is 1.31 bits per heavy atom. The van der Waals surface area contributed by atoms with Gasteiger partial charge in [-0.15, -0.1) is 0 Å². The summed E-state index contributed by atoms with van der Waals surface area (Å²) in [7, 11) is 0. The fourth-order valence-corrected chi connectivity index (χ4v) is 2.26. The van der Waals surface area contributed by atoms with Crippen molar-refractivity contribution in [2.24, 2.45) is 5.73 Å². The van der Waals surface area contributed by atoms with Gasteiger partial charge in [-0.05, 0) is 30.5 Å². The van der Waals surface area contributed by atoms with Gasteiger partial charge >= 0.3 is 0 Å². The van der Waals surface area contributed by atoms with Gasteiger partial charge in [0.1, 0.15) is 0 Å². The standard InChI is InChI=1S/C10H11Cl2N/c11-7-1-2-8(9(12)5-7)10(6-13)3-4-10/h1-2,5H,3-4,6,13H2. The van der Waals surface area contributed by atoms with Crippen LogP contribution in [0.4, 0.5) is 0 Å². The van der Waals surface area contributed by atoms with Crippen LogP contribution < -0.4 is 5.73 Å². The molecular formula is C10H11Cl2N. The zero-order chi connectivity index (χ0) is 9.47. The van der Waals surface area contributed by atoms with Crippen LogP contribution in [0.3, 0.4) is 0 Å². The molecule has 1 aromatic carbocycles. The van der Waals surface area contributed by atoms with Gasteiger partial charge < -0.3 is 5.73 Å². The van der Waals surface area contributed by atoms with E-state index in [-0.39, 0.29) is 5.41 Å². The lowest BCUT2D eigenvalue weighted by Crippen LogP contribution is -2.19. The molecule has 1 nitrogen and oxygen atoms in total. The van der Waals surface area contributed by atoms with E-state index in [1.54, 1.807) is 6.07 Å². The van der Waals surface area contributed by atoms with Gasteiger partial charge in [0.15, 0.2) is 0 Å². The lowest BCUT2D eigenvalue weighted by molar-refractivity contribution is 0.705. The van der Waals surface area contributed by atoms with E-state index >= 15 is 0 Å². The average Bonchev–Trinajstić information content (AvgIpc) is 2.85. The molecule has 13 heavy (non-hydrogen) atoms. The largest absolute Gasteiger partial charge is 0.330 e. The number of nitrogens with two attached hydrogens (primary N) is 1. The molecule has 1 aliphatic rings. The van der Waals surface area contributed by atoms with Crippen molar-refractivity contribution in [2.75, 3.05) is 6.54 Å². The summed E-state index contributed by atoms with van der Waals surface area (Å²) in [6.07, 6.45) is 2.29. The minimum atomic E-state index is 0.154. The van der Waals surface area contributed by atoms with Gasteiger partial charge in [0.2, 0.25) is 0 Å². The fraction of sp³-hybridized carbons (Fsp3) is 0.400. The summed E-state index contributed by atoms with van der Waals surface area (Å²) in [6, 6.07) is 5.65. The van der Waals surface area contributed by atoms with Crippen molar-refractivity contribution in [3.63, 3.8) is 0 Å². The summed E-state index contributed by atoms with van der Waals surface area (Å²) in [5.74, 6) is 0. The highest BCUT2D eigenvalue weighted by Crippen LogP contribution is 2.49. The zero-order valence-electron chi connectivity index (χ0n) is 7.19. The maximum atomic E-state index is 6.09. The Labute approximate surface area is 87.8 Å². The average molecular weight is 216 g/mol. The zero-order valence-corrected chi connectivity index (χ0v) is 8.70. The third-order valence-corrected chi connectivity index (χ3v) is 3.29. The third kappa shape index (κ3) is 1.56. The van der Waals surface area contributed by atoms with Gasteiger partial charge in [-0.25, -0.2) is 0 Å². The number of halogens is 2. The highest BCUT2D eigenvalue weighted by molar-refractivity contribution is 6.35. The van der Waals surface area contributed by atoms with Crippen LogP contribution in [-0.2, 0) is 5.41 Å². The molecular weight excluding hydrogens is 205 g/mol. The molecule has 0 saturated heterocycles. The maximum Gasteiger partial charge on any atom is 0.0458 e. The minimum Gasteiger partial charge on any atom is -0.330 e. The van der Waals surface area contributed by atoms with Crippen molar-refractivity contribution in [3.05, 3.63) is 33.8 Å². The van der Waals surface area contributed by atoms with Crippen molar-refractivity contribution in [1.82, 2.24) is 0 Å². The molecule has 0 unspecified atom stereocenters. The van der Waals surface area contributed by atoms with Crippen LogP contribution in [0.25, 0.3) is 0 Å². The molecule has 0 radical (unpaired) electrons. The summed E-state index contributed by atoms with van der Waals surface area (Å²) in [5.41, 5.74) is 7.02. The summed E-state index contributed by atoms with van der Waals surface area (Å²) in [4.78, 5) is 0. The molecule has 0 aromatic heterocycles. The van der Waals surface area contributed by atoms with Crippen LogP contribution in [0.1, 0.15) is 18.4 Å². The molecule has 2 rings (SSSR count). The molecule has 1 aromatic rings. The molecule has 0 atom stereocenters. The van der Waals surface area contributed by atoms with E-state index in [0.717, 1.165) is 23.4 Å². The van der Waals surface area contributed by atoms with E-state index < -0.39 is 0 Å². The van der Waals surface area contributed by atoms with Gasteiger partial charge in [0.25, 0.3) is 0 Å². The lowest BCUT2D eigenvalue weighted by atomic mass is 9.96. The second kappa shape index (κ2) is 3.16. The van der Waals surface area contributed by atoms with Crippen molar-refractivity contribution >= 4 is 23.2 Å². The molecule has 0 bridgehead atoms. The summed E-state index contributed by atoms with van der Waals surface area (Å²) in [6.45, 7) is 0.675. The predicted molar refractivity (Wildman–Crippen MR) is 56.4 cm³/mol. The van der Waals surface area contributed by atoms with Gasteiger partial charge in [-0.2, -0.15) is 0 Å². The molecule has 0 spiro atoms. The fourth-order valence-electron chi connectivity index (χ4n) is 1.65. The second-order valence-corrected chi connectivity index (χ2v) is 4.45. The van der Waals surface area contributed by atoms with Gasteiger partial charge in [-0.3, -0.25) is 0 Å². The van der Waals surface area contributed by atoms with Crippen LogP contribution >= 0.6 is 23.2 Å². The maximum absolute atomic E-state index is 6.09. The van der Waals surface area contributed by atoms with E-state index in [1.807, 2.05) is 12.1 Å². The second-order valence-electron chi connectivity index (χ2n) is 3.61. The van der Waals surface area contributed by atoms with Crippen LogP contribution in [0.15, 0.2) is 18.2 Å². The smallest absolute Gasteiger partial charge is 0.0458 e. The Balaban J connectivity index is 2.41. The Hall–Kier alpha value is -0.240. The van der Waals surface area contributed by atoms with E-state index in [2.05, 4.69) is 0 Å². The van der Waals surface area contributed by atoms with Gasteiger partial charge in [0, 0.05) is 22.0 Å². The van der Waals surface area contributed by atoms with Crippen LogP contribution in [-0.4, -0.2) is 6.54 Å². The first-order valence-corrected chi connectivity index (χ1v) is 5.09. The molecule has 1 saturated carbocycles. The van der Waals surface area contributed by atoms with E-state index in [9.17, 15) is 0 Å². The quantitative estimate of drug-likeness (QED) is 0.807. The van der Waals surface area contributed by atoms with Crippen molar-refractivity contribution in [3.8, 4) is 0 Å². The number of benzene rings is 1. The first kappa shape index (κ1) is 9.32. The molecule has 3 heteroatoms. The van der Waals surface area contributed by atoms with Crippen LogP contribution in [0.2, 0.25) is 10.0 Å². The Morgan fingerprint density at radius 2 is 2.00 bits per heavy atom. The van der Waals surface area contributed by atoms with Crippen molar-refractivity contribution < 1.29 is 0 Å². The van der Waals surface area contributed by atoms with Crippen LogP contribution in [0.5, 0.6) is 0 Å². The molecule has 1 aliphatic carbocycles. The first-order valence-electron chi connectivity index (χ1n) is 4.33. The minimum absolute atomic E-state index is 0.154. The normalized spacial score (nSPS) is 18.7. The van der Waals surface area contributed by atoms with Crippen molar-refractivity contribution in [2.45, 2.75) is 18.3 Å². The summed E-state index contributed by atoms with van der Waals surface area (Å²) < 4.78 is 0. The highest BCUT2D eigenvalue weighted by Gasteiger charge is 2.44. The monoisotopic (exact) mass is 215 g/mol. The first-order chi connectivity index (χ1) is 6.18. The van der Waals surface area contributed by atoms with Gasteiger partial charge in [-0.1, -0.05) is 29.3 Å². The van der Waals surface area contributed by atoms with E-state index in [0.29, 0.717) is 11.6 Å².